The van der Waals surface area contributed by atoms with E-state index in [1.54, 1.807) is 12.1 Å². The first-order chi connectivity index (χ1) is 17.7. The topological polar surface area (TPSA) is 96.7 Å². The van der Waals surface area contributed by atoms with Crippen molar-refractivity contribution in [1.29, 1.82) is 0 Å². The van der Waals surface area contributed by atoms with Crippen LogP contribution in [0.15, 0.2) is 42.5 Å². The Morgan fingerprint density at radius 1 is 1.18 bits per heavy atom. The van der Waals surface area contributed by atoms with Gasteiger partial charge in [0.05, 0.1) is 11.0 Å². The van der Waals surface area contributed by atoms with Gasteiger partial charge in [-0.15, -0.1) is 13.2 Å². The third-order valence-electron chi connectivity index (χ3n) is 6.73. The van der Waals surface area contributed by atoms with Crippen molar-refractivity contribution >= 4 is 34.5 Å². The van der Waals surface area contributed by atoms with Gasteiger partial charge in [-0.1, -0.05) is 20.8 Å². The van der Waals surface area contributed by atoms with Crippen LogP contribution in [0.25, 0.3) is 11.0 Å². The average molecular weight is 533 g/mol. The minimum absolute atomic E-state index is 0.0994. The zero-order valence-corrected chi connectivity index (χ0v) is 21.7. The van der Waals surface area contributed by atoms with Gasteiger partial charge in [0.25, 0.3) is 5.91 Å². The van der Waals surface area contributed by atoms with Crippen LogP contribution >= 0.6 is 0 Å². The van der Waals surface area contributed by atoms with E-state index in [0.29, 0.717) is 28.6 Å². The van der Waals surface area contributed by atoms with Crippen molar-refractivity contribution in [3.05, 3.63) is 48.0 Å². The SMILES string of the molecule is CC1CC(n2c(Nc3ccc(OC(F)(F)F)cc3)nc3cc(C(=O)N(C)CC(=O)O)ccc32)CC(C)(C)C1. The van der Waals surface area contributed by atoms with Crippen LogP contribution in [0.4, 0.5) is 24.8 Å². The van der Waals surface area contributed by atoms with Gasteiger partial charge < -0.3 is 24.6 Å². The van der Waals surface area contributed by atoms with Crippen molar-refractivity contribution in [1.82, 2.24) is 14.5 Å². The third kappa shape index (κ3) is 6.38. The number of nitrogens with one attached hydrogen (secondary N) is 1. The first kappa shape index (κ1) is 27.3. The highest BCUT2D eigenvalue weighted by atomic mass is 19.4. The lowest BCUT2D eigenvalue weighted by atomic mass is 9.70. The van der Waals surface area contributed by atoms with Crippen LogP contribution < -0.4 is 10.1 Å². The molecule has 1 saturated carbocycles. The molecule has 2 aromatic carbocycles. The number of carbonyl (C=O) groups excluding carboxylic acids is 1. The van der Waals surface area contributed by atoms with Gasteiger partial charge in [-0.3, -0.25) is 9.59 Å². The Hall–Kier alpha value is -3.76. The number of carbonyl (C=O) groups is 2. The van der Waals surface area contributed by atoms with Crippen molar-refractivity contribution < 1.29 is 32.6 Å². The fourth-order valence-corrected chi connectivity index (χ4v) is 5.55. The van der Waals surface area contributed by atoms with Gasteiger partial charge in [0, 0.05) is 24.3 Å². The number of nitrogens with zero attached hydrogens (tertiary/aromatic N) is 3. The number of aliphatic carboxylic acids is 1. The number of benzene rings is 2. The van der Waals surface area contributed by atoms with E-state index < -0.39 is 24.8 Å². The highest BCUT2D eigenvalue weighted by Gasteiger charge is 2.35. The molecule has 8 nitrogen and oxygen atoms in total. The Labute approximate surface area is 218 Å². The van der Waals surface area contributed by atoms with Crippen LogP contribution in [0.3, 0.4) is 0 Å². The van der Waals surface area contributed by atoms with Crippen molar-refractivity contribution in [2.75, 3.05) is 18.9 Å². The Balaban J connectivity index is 1.72. The average Bonchev–Trinajstić information content (AvgIpc) is 3.14. The van der Waals surface area contributed by atoms with Crippen molar-refractivity contribution in [3.8, 4) is 5.75 Å². The minimum atomic E-state index is -4.78. The van der Waals surface area contributed by atoms with Crippen molar-refractivity contribution in [3.63, 3.8) is 0 Å². The van der Waals surface area contributed by atoms with Gasteiger partial charge in [-0.2, -0.15) is 0 Å². The molecule has 2 atom stereocenters. The quantitative estimate of drug-likeness (QED) is 0.375. The molecule has 0 spiro atoms. The molecule has 0 saturated heterocycles. The predicted octanol–water partition coefficient (Wildman–Crippen LogP) is 6.22. The number of carboxylic acid groups (broad SMARTS) is 1. The molecule has 1 amide bonds. The maximum atomic E-state index is 12.8. The summed E-state index contributed by atoms with van der Waals surface area (Å²) in [5, 5.41) is 12.3. The number of aromatic nitrogens is 2. The smallest absolute Gasteiger partial charge is 0.480 e. The number of halogens is 3. The fraction of sp³-hybridized carbons (Fsp3) is 0.444. The molecule has 1 heterocycles. The number of fused-ring (bicyclic) bond motifs is 1. The number of anilines is 2. The Morgan fingerprint density at radius 3 is 2.47 bits per heavy atom. The van der Waals surface area contributed by atoms with E-state index in [9.17, 15) is 22.8 Å². The number of likely N-dealkylation sites (N-methyl/N-ethyl adjacent to an activating group) is 1. The number of ether oxygens (including phenoxy) is 1. The minimum Gasteiger partial charge on any atom is -0.480 e. The zero-order valence-electron chi connectivity index (χ0n) is 21.7. The summed E-state index contributed by atoms with van der Waals surface area (Å²) in [4.78, 5) is 29.7. The lowest BCUT2D eigenvalue weighted by Crippen LogP contribution is -2.31. The van der Waals surface area contributed by atoms with E-state index in [-0.39, 0.29) is 17.2 Å². The second-order valence-electron chi connectivity index (χ2n) is 10.8. The summed E-state index contributed by atoms with van der Waals surface area (Å²) in [7, 11) is 1.42. The lowest BCUT2D eigenvalue weighted by Gasteiger charge is -2.40. The van der Waals surface area contributed by atoms with E-state index in [1.165, 1.54) is 31.3 Å². The van der Waals surface area contributed by atoms with Gasteiger partial charge in [0.1, 0.15) is 12.3 Å². The molecule has 1 aliphatic rings. The number of imidazole rings is 1. The predicted molar refractivity (Wildman–Crippen MR) is 137 cm³/mol. The molecule has 1 aromatic heterocycles. The second kappa shape index (κ2) is 10.2. The Morgan fingerprint density at radius 2 is 1.87 bits per heavy atom. The highest BCUT2D eigenvalue weighted by Crippen LogP contribution is 2.46. The van der Waals surface area contributed by atoms with Crippen LogP contribution in [-0.2, 0) is 4.79 Å². The Bertz CT molecular complexity index is 1330. The third-order valence-corrected chi connectivity index (χ3v) is 6.73. The van der Waals surface area contributed by atoms with Crippen LogP contribution in [-0.4, -0.2) is 51.4 Å². The van der Waals surface area contributed by atoms with Crippen LogP contribution in [0.1, 0.15) is 56.4 Å². The molecule has 2 N–H and O–H groups in total. The standard InChI is InChI=1S/C27H31F3N4O4/c1-16-11-19(14-26(2,3)13-16)34-22-10-5-17(24(37)33(4)15-23(35)36)12-21(22)32-25(34)31-18-6-8-20(9-7-18)38-27(28,29)30/h5-10,12,16,19H,11,13-15H2,1-4H3,(H,31,32)(H,35,36). The van der Waals surface area contributed by atoms with Gasteiger partial charge in [0.2, 0.25) is 5.95 Å². The molecule has 0 bridgehead atoms. The fourth-order valence-electron chi connectivity index (χ4n) is 5.55. The monoisotopic (exact) mass is 532 g/mol. The van der Waals surface area contributed by atoms with E-state index in [1.807, 2.05) is 6.07 Å². The number of amides is 1. The van der Waals surface area contributed by atoms with Crippen molar-refractivity contribution in [2.24, 2.45) is 11.3 Å². The van der Waals surface area contributed by atoms with Crippen LogP contribution in [0, 0.1) is 11.3 Å². The Kier molecular flexibility index (Phi) is 7.31. The molecule has 1 fully saturated rings. The first-order valence-corrected chi connectivity index (χ1v) is 12.3. The maximum absolute atomic E-state index is 12.8. The van der Waals surface area contributed by atoms with Gasteiger partial charge in [-0.05, 0) is 73.1 Å². The number of alkyl halides is 3. The molecule has 38 heavy (non-hydrogen) atoms. The van der Waals surface area contributed by atoms with E-state index >= 15 is 0 Å². The first-order valence-electron chi connectivity index (χ1n) is 12.3. The van der Waals surface area contributed by atoms with E-state index in [4.69, 9.17) is 10.1 Å². The molecule has 1 aliphatic carbocycles. The van der Waals surface area contributed by atoms with Gasteiger partial charge in [0.15, 0.2) is 0 Å². The molecule has 11 heteroatoms. The number of hydrogen-bond acceptors (Lipinski definition) is 5. The van der Waals surface area contributed by atoms with Crippen LogP contribution in [0.2, 0.25) is 0 Å². The lowest BCUT2D eigenvalue weighted by molar-refractivity contribution is -0.274. The summed E-state index contributed by atoms with van der Waals surface area (Å²) < 4.78 is 43.7. The van der Waals surface area contributed by atoms with E-state index in [2.05, 4.69) is 35.4 Å². The largest absolute Gasteiger partial charge is 0.573 e. The molecule has 4 rings (SSSR count). The zero-order chi connectivity index (χ0) is 27.8. The van der Waals surface area contributed by atoms with Gasteiger partial charge in [-0.25, -0.2) is 4.98 Å². The second-order valence-corrected chi connectivity index (χ2v) is 10.8. The maximum Gasteiger partial charge on any atom is 0.573 e. The molecule has 204 valence electrons. The van der Waals surface area contributed by atoms with Crippen molar-refractivity contribution in [2.45, 2.75) is 52.4 Å². The molecule has 0 radical (unpaired) electrons. The number of rotatable bonds is 7. The molecule has 2 unspecified atom stereocenters. The van der Waals surface area contributed by atoms with E-state index in [0.717, 1.165) is 29.7 Å². The summed E-state index contributed by atoms with van der Waals surface area (Å²) in [5.41, 5.74) is 2.29. The summed E-state index contributed by atoms with van der Waals surface area (Å²) in [6.45, 7) is 6.25. The molecular formula is C27H31F3N4O4. The summed E-state index contributed by atoms with van der Waals surface area (Å²) in [5.74, 6) is -0.904. The highest BCUT2D eigenvalue weighted by molar-refractivity contribution is 5.98. The molecule has 3 aromatic rings. The molecule has 0 aliphatic heterocycles. The van der Waals surface area contributed by atoms with Crippen LogP contribution in [0.5, 0.6) is 5.75 Å². The molecular weight excluding hydrogens is 501 g/mol. The van der Waals surface area contributed by atoms with Gasteiger partial charge >= 0.3 is 12.3 Å². The number of carboxylic acids is 1. The number of hydrogen-bond donors (Lipinski definition) is 2. The summed E-state index contributed by atoms with van der Waals surface area (Å²) in [6, 6.07) is 10.6. The summed E-state index contributed by atoms with van der Waals surface area (Å²) >= 11 is 0. The summed E-state index contributed by atoms with van der Waals surface area (Å²) in [6.07, 6.45) is -1.86. The normalized spacial score (nSPS) is 19.2.